The van der Waals surface area contributed by atoms with E-state index >= 15 is 0 Å². The lowest BCUT2D eigenvalue weighted by molar-refractivity contribution is -0.117. The molecule has 140 valence electrons. The number of ether oxygens (including phenoxy) is 1. The van der Waals surface area contributed by atoms with Gasteiger partial charge in [-0.3, -0.25) is 14.4 Å². The van der Waals surface area contributed by atoms with Crippen molar-refractivity contribution in [3.8, 4) is 5.75 Å². The van der Waals surface area contributed by atoms with Gasteiger partial charge >= 0.3 is 0 Å². The Labute approximate surface area is 157 Å². The number of carbonyl (C=O) groups is 3. The molecule has 0 unspecified atom stereocenters. The summed E-state index contributed by atoms with van der Waals surface area (Å²) in [7, 11) is 1.52. The summed E-state index contributed by atoms with van der Waals surface area (Å²) in [4.78, 5) is 37.6. The van der Waals surface area contributed by atoms with Gasteiger partial charge < -0.3 is 20.3 Å². The zero-order valence-corrected chi connectivity index (χ0v) is 15.0. The summed E-state index contributed by atoms with van der Waals surface area (Å²) in [6.45, 7) is 0.573. The van der Waals surface area contributed by atoms with E-state index in [0.717, 1.165) is 18.7 Å². The number of nitrogens with zero attached hydrogens (tertiary/aromatic N) is 1. The first-order valence-corrected chi connectivity index (χ1v) is 8.69. The first-order valence-electron chi connectivity index (χ1n) is 8.69. The normalized spacial score (nSPS) is 13.4. The third-order valence-electron chi connectivity index (χ3n) is 4.28. The van der Waals surface area contributed by atoms with Gasteiger partial charge in [0.1, 0.15) is 5.75 Å². The van der Waals surface area contributed by atoms with Gasteiger partial charge in [-0.1, -0.05) is 6.07 Å². The number of anilines is 2. The number of carbonyl (C=O) groups excluding carboxylic acids is 3. The first-order chi connectivity index (χ1) is 13.1. The van der Waals surface area contributed by atoms with E-state index in [9.17, 15) is 14.4 Å². The molecule has 0 bridgehead atoms. The minimum Gasteiger partial charge on any atom is -0.497 e. The zero-order chi connectivity index (χ0) is 19.2. The fourth-order valence-corrected chi connectivity index (χ4v) is 2.88. The van der Waals surface area contributed by atoms with E-state index in [4.69, 9.17) is 4.74 Å². The van der Waals surface area contributed by atoms with Crippen LogP contribution in [0.3, 0.4) is 0 Å². The molecule has 1 saturated heterocycles. The Kier molecular flexibility index (Phi) is 5.71. The second-order valence-electron chi connectivity index (χ2n) is 6.16. The molecule has 0 saturated carbocycles. The molecular formula is C20H21N3O4. The van der Waals surface area contributed by atoms with Crippen LogP contribution in [0.15, 0.2) is 48.5 Å². The highest BCUT2D eigenvalue weighted by molar-refractivity contribution is 6.00. The molecule has 7 heteroatoms. The monoisotopic (exact) mass is 367 g/mol. The Morgan fingerprint density at radius 1 is 1.15 bits per heavy atom. The van der Waals surface area contributed by atoms with E-state index in [1.807, 2.05) is 0 Å². The molecule has 0 aromatic heterocycles. The van der Waals surface area contributed by atoms with Gasteiger partial charge in [0.25, 0.3) is 5.91 Å². The molecule has 2 N–H and O–H groups in total. The highest BCUT2D eigenvalue weighted by Gasteiger charge is 2.21. The van der Waals surface area contributed by atoms with Crippen molar-refractivity contribution in [3.63, 3.8) is 0 Å². The number of hydrogen-bond acceptors (Lipinski definition) is 4. The van der Waals surface area contributed by atoms with Crippen molar-refractivity contribution in [2.24, 2.45) is 0 Å². The van der Waals surface area contributed by atoms with Gasteiger partial charge in [-0.15, -0.1) is 0 Å². The predicted molar refractivity (Wildman–Crippen MR) is 102 cm³/mol. The summed E-state index contributed by atoms with van der Waals surface area (Å²) in [5.74, 6) is -0.00101. The second-order valence-corrected chi connectivity index (χ2v) is 6.16. The summed E-state index contributed by atoms with van der Waals surface area (Å²) in [6, 6.07) is 13.8. The van der Waals surface area contributed by atoms with E-state index in [-0.39, 0.29) is 24.3 Å². The van der Waals surface area contributed by atoms with Gasteiger partial charge in [0.2, 0.25) is 11.8 Å². The minimum atomic E-state index is -0.355. The maximum Gasteiger partial charge on any atom is 0.251 e. The quantitative estimate of drug-likeness (QED) is 0.819. The van der Waals surface area contributed by atoms with E-state index in [1.165, 1.54) is 7.11 Å². The van der Waals surface area contributed by atoms with Gasteiger partial charge in [0, 0.05) is 29.9 Å². The molecule has 1 aliphatic rings. The fourth-order valence-electron chi connectivity index (χ4n) is 2.88. The van der Waals surface area contributed by atoms with Crippen molar-refractivity contribution >= 4 is 29.1 Å². The lowest BCUT2D eigenvalue weighted by atomic mass is 10.2. The molecule has 1 aliphatic heterocycles. The molecule has 7 nitrogen and oxygen atoms in total. The highest BCUT2D eigenvalue weighted by Crippen LogP contribution is 2.23. The van der Waals surface area contributed by atoms with Gasteiger partial charge in [0.15, 0.2) is 0 Å². The van der Waals surface area contributed by atoms with E-state index in [0.29, 0.717) is 23.4 Å². The van der Waals surface area contributed by atoms with Crippen molar-refractivity contribution in [2.75, 3.05) is 30.4 Å². The molecule has 3 amide bonds. The summed E-state index contributed by atoms with van der Waals surface area (Å²) in [5.41, 5.74) is 1.84. The Balaban J connectivity index is 1.51. The molecule has 0 radical (unpaired) electrons. The maximum absolute atomic E-state index is 12.1. The Hall–Kier alpha value is -3.35. The molecule has 3 rings (SSSR count). The molecule has 0 aliphatic carbocycles. The van der Waals surface area contributed by atoms with Gasteiger partial charge in [0.05, 0.1) is 13.7 Å². The Morgan fingerprint density at radius 2 is 1.93 bits per heavy atom. The number of rotatable bonds is 6. The van der Waals surface area contributed by atoms with E-state index in [1.54, 1.807) is 53.4 Å². The Morgan fingerprint density at radius 3 is 2.59 bits per heavy atom. The number of hydrogen-bond donors (Lipinski definition) is 2. The van der Waals surface area contributed by atoms with Crippen LogP contribution < -0.4 is 20.3 Å². The van der Waals surface area contributed by atoms with Crippen molar-refractivity contribution in [2.45, 2.75) is 12.8 Å². The van der Waals surface area contributed by atoms with Crippen LogP contribution >= 0.6 is 0 Å². The topological polar surface area (TPSA) is 87.7 Å². The summed E-state index contributed by atoms with van der Waals surface area (Å²) < 4.78 is 5.08. The second kappa shape index (κ2) is 8.35. The van der Waals surface area contributed by atoms with Crippen molar-refractivity contribution < 1.29 is 19.1 Å². The third-order valence-corrected chi connectivity index (χ3v) is 4.28. The molecule has 1 fully saturated rings. The molecule has 0 spiro atoms. The molecule has 0 atom stereocenters. The Bertz CT molecular complexity index is 849. The molecule has 2 aromatic carbocycles. The average Bonchev–Trinajstić information content (AvgIpc) is 3.12. The molecule has 2 aromatic rings. The van der Waals surface area contributed by atoms with Crippen LogP contribution in [0.5, 0.6) is 5.75 Å². The molecular weight excluding hydrogens is 346 g/mol. The summed E-state index contributed by atoms with van der Waals surface area (Å²) >= 11 is 0. The SMILES string of the molecule is COc1cccc(C(=O)NCC(=O)Nc2ccc(N3CCCC3=O)cc2)c1. The van der Waals surface area contributed by atoms with E-state index < -0.39 is 0 Å². The smallest absolute Gasteiger partial charge is 0.251 e. The van der Waals surface area contributed by atoms with Crippen molar-refractivity contribution in [3.05, 3.63) is 54.1 Å². The predicted octanol–water partition coefficient (Wildman–Crippen LogP) is 2.19. The van der Waals surface area contributed by atoms with Crippen molar-refractivity contribution in [1.29, 1.82) is 0 Å². The van der Waals surface area contributed by atoms with Gasteiger partial charge in [-0.2, -0.15) is 0 Å². The third kappa shape index (κ3) is 4.63. The van der Waals surface area contributed by atoms with Gasteiger partial charge in [-0.05, 0) is 48.9 Å². The van der Waals surface area contributed by atoms with Crippen LogP contribution in [0.4, 0.5) is 11.4 Å². The maximum atomic E-state index is 12.1. The largest absolute Gasteiger partial charge is 0.497 e. The van der Waals surface area contributed by atoms with Gasteiger partial charge in [-0.25, -0.2) is 0 Å². The summed E-state index contributed by atoms with van der Waals surface area (Å²) in [6.07, 6.45) is 1.44. The van der Waals surface area contributed by atoms with Crippen LogP contribution in [-0.4, -0.2) is 37.9 Å². The summed E-state index contributed by atoms with van der Waals surface area (Å²) in [5, 5.41) is 5.29. The first kappa shape index (κ1) is 18.4. The van der Waals surface area contributed by atoms with Crippen LogP contribution in [-0.2, 0) is 9.59 Å². The van der Waals surface area contributed by atoms with Crippen LogP contribution in [0.25, 0.3) is 0 Å². The lowest BCUT2D eigenvalue weighted by Gasteiger charge is -2.16. The zero-order valence-electron chi connectivity index (χ0n) is 15.0. The average molecular weight is 367 g/mol. The van der Waals surface area contributed by atoms with E-state index in [2.05, 4.69) is 10.6 Å². The van der Waals surface area contributed by atoms with Crippen molar-refractivity contribution in [1.82, 2.24) is 5.32 Å². The number of benzene rings is 2. The number of amides is 3. The lowest BCUT2D eigenvalue weighted by Crippen LogP contribution is -2.32. The number of methoxy groups -OCH3 is 1. The molecule has 1 heterocycles. The standard InChI is InChI=1S/C20H21N3O4/c1-27-17-5-2-4-14(12-17)20(26)21-13-18(24)22-15-7-9-16(10-8-15)23-11-3-6-19(23)25/h2,4-5,7-10,12H,3,6,11,13H2,1H3,(H,21,26)(H,22,24). The number of nitrogens with one attached hydrogen (secondary N) is 2. The highest BCUT2D eigenvalue weighted by atomic mass is 16.5. The molecule has 27 heavy (non-hydrogen) atoms. The van der Waals surface area contributed by atoms with Crippen LogP contribution in [0.2, 0.25) is 0 Å². The van der Waals surface area contributed by atoms with Crippen LogP contribution in [0, 0.1) is 0 Å². The van der Waals surface area contributed by atoms with Crippen LogP contribution in [0.1, 0.15) is 23.2 Å². The fraction of sp³-hybridized carbons (Fsp3) is 0.250. The minimum absolute atomic E-state index is 0.118.